The second-order valence-electron chi connectivity index (χ2n) is 3.67. The predicted octanol–water partition coefficient (Wildman–Crippen LogP) is 3.70. The van der Waals surface area contributed by atoms with Crippen molar-refractivity contribution in [3.63, 3.8) is 0 Å². The molecule has 0 saturated carbocycles. The van der Waals surface area contributed by atoms with Crippen LogP contribution in [0.5, 0.6) is 0 Å². The Morgan fingerprint density at radius 1 is 0.933 bits per heavy atom. The summed E-state index contributed by atoms with van der Waals surface area (Å²) in [5.41, 5.74) is 4.98. The molecular weight excluding hydrogens is 182 g/mol. The molecule has 0 aromatic heterocycles. The van der Waals surface area contributed by atoms with Gasteiger partial charge in [0.2, 0.25) is 0 Å². The number of nitrogens with one attached hydrogen (secondary N) is 1. The Hall–Kier alpha value is -1.76. The van der Waals surface area contributed by atoms with Crippen LogP contribution in [0.1, 0.15) is 5.56 Å². The Morgan fingerprint density at radius 3 is 2.47 bits per heavy atom. The molecule has 0 heterocycles. The molecule has 2 rings (SSSR count). The van der Waals surface area contributed by atoms with E-state index in [1.807, 2.05) is 13.1 Å². The highest BCUT2D eigenvalue weighted by Crippen LogP contribution is 2.27. The van der Waals surface area contributed by atoms with Gasteiger partial charge in [0.15, 0.2) is 0 Å². The first-order valence-corrected chi connectivity index (χ1v) is 5.15. The Labute approximate surface area is 90.8 Å². The van der Waals surface area contributed by atoms with E-state index in [0.717, 1.165) is 0 Å². The zero-order chi connectivity index (χ0) is 10.7. The minimum absolute atomic E-state index is 1.17. The first-order valence-electron chi connectivity index (χ1n) is 5.15. The minimum atomic E-state index is 1.17. The second-order valence-corrected chi connectivity index (χ2v) is 3.67. The molecule has 1 N–H and O–H groups in total. The molecule has 0 bridgehead atoms. The number of benzene rings is 2. The summed E-state index contributed by atoms with van der Waals surface area (Å²) >= 11 is 0. The lowest BCUT2D eigenvalue weighted by Crippen LogP contribution is -1.91. The smallest absolute Gasteiger partial charge is 0.0417 e. The van der Waals surface area contributed by atoms with E-state index in [0.29, 0.717) is 0 Å². The van der Waals surface area contributed by atoms with Gasteiger partial charge in [0.1, 0.15) is 0 Å². The summed E-state index contributed by atoms with van der Waals surface area (Å²) in [6, 6.07) is 16.9. The third-order valence-corrected chi connectivity index (χ3v) is 2.53. The fourth-order valence-corrected chi connectivity index (χ4v) is 1.77. The molecule has 0 amide bonds. The number of anilines is 1. The molecule has 0 aliphatic carbocycles. The average Bonchev–Trinajstić information content (AvgIpc) is 2.29. The van der Waals surface area contributed by atoms with Crippen molar-refractivity contribution in [3.05, 3.63) is 54.1 Å². The number of aryl methyl sites for hydroxylation is 1. The summed E-state index contributed by atoms with van der Waals surface area (Å²) in [5, 5.41) is 3.21. The van der Waals surface area contributed by atoms with E-state index in [2.05, 4.69) is 54.7 Å². The van der Waals surface area contributed by atoms with E-state index >= 15 is 0 Å². The fourth-order valence-electron chi connectivity index (χ4n) is 1.77. The maximum Gasteiger partial charge on any atom is 0.0417 e. The molecule has 0 fully saturated rings. The van der Waals surface area contributed by atoms with Crippen molar-refractivity contribution in [2.45, 2.75) is 6.92 Å². The van der Waals surface area contributed by atoms with E-state index in [1.165, 1.54) is 22.4 Å². The maximum atomic E-state index is 3.21. The van der Waals surface area contributed by atoms with Gasteiger partial charge in [-0.3, -0.25) is 0 Å². The van der Waals surface area contributed by atoms with Crippen LogP contribution in [0.4, 0.5) is 5.69 Å². The fraction of sp³-hybridized carbons (Fsp3) is 0.143. The van der Waals surface area contributed by atoms with Crippen LogP contribution in [0.3, 0.4) is 0 Å². The largest absolute Gasteiger partial charge is 0.388 e. The lowest BCUT2D eigenvalue weighted by Gasteiger charge is -2.09. The first-order chi connectivity index (χ1) is 7.31. The molecule has 0 unspecified atom stereocenters. The molecule has 0 atom stereocenters. The topological polar surface area (TPSA) is 12.0 Å². The van der Waals surface area contributed by atoms with Gasteiger partial charge in [-0.1, -0.05) is 48.0 Å². The van der Waals surface area contributed by atoms with Crippen LogP contribution < -0.4 is 5.32 Å². The molecule has 0 saturated heterocycles. The molecule has 0 radical (unpaired) electrons. The van der Waals surface area contributed by atoms with Crippen molar-refractivity contribution in [3.8, 4) is 11.1 Å². The number of rotatable bonds is 2. The Kier molecular flexibility index (Phi) is 2.72. The number of para-hydroxylation sites is 1. The van der Waals surface area contributed by atoms with Gasteiger partial charge in [-0.2, -0.15) is 0 Å². The summed E-state index contributed by atoms with van der Waals surface area (Å²) in [6.45, 7) is 2.12. The zero-order valence-electron chi connectivity index (χ0n) is 9.12. The molecular formula is C14H15N. The van der Waals surface area contributed by atoms with Crippen molar-refractivity contribution in [2.75, 3.05) is 12.4 Å². The van der Waals surface area contributed by atoms with Gasteiger partial charge in [-0.15, -0.1) is 0 Å². The highest BCUT2D eigenvalue weighted by Gasteiger charge is 2.02. The van der Waals surface area contributed by atoms with E-state index in [1.54, 1.807) is 0 Å². The quantitative estimate of drug-likeness (QED) is 0.774. The Balaban J connectivity index is 2.53. The minimum Gasteiger partial charge on any atom is -0.388 e. The van der Waals surface area contributed by atoms with Crippen LogP contribution in [-0.2, 0) is 0 Å². The Morgan fingerprint density at radius 2 is 1.73 bits per heavy atom. The van der Waals surface area contributed by atoms with Gasteiger partial charge in [-0.25, -0.2) is 0 Å². The third kappa shape index (κ3) is 2.01. The lowest BCUT2D eigenvalue weighted by atomic mass is 10.0. The van der Waals surface area contributed by atoms with Crippen LogP contribution >= 0.6 is 0 Å². The molecule has 15 heavy (non-hydrogen) atoms. The van der Waals surface area contributed by atoms with Crippen molar-refractivity contribution < 1.29 is 0 Å². The Bertz CT molecular complexity index is 460. The maximum absolute atomic E-state index is 3.21. The summed E-state index contributed by atoms with van der Waals surface area (Å²) in [6.07, 6.45) is 0. The van der Waals surface area contributed by atoms with Crippen molar-refractivity contribution in [1.82, 2.24) is 0 Å². The average molecular weight is 197 g/mol. The van der Waals surface area contributed by atoms with Gasteiger partial charge in [0.25, 0.3) is 0 Å². The molecule has 1 heteroatoms. The van der Waals surface area contributed by atoms with E-state index < -0.39 is 0 Å². The van der Waals surface area contributed by atoms with Crippen LogP contribution in [0.2, 0.25) is 0 Å². The van der Waals surface area contributed by atoms with Crippen LogP contribution in [0.25, 0.3) is 11.1 Å². The SMILES string of the molecule is CNc1ccccc1-c1cccc(C)c1. The van der Waals surface area contributed by atoms with Crippen LogP contribution in [0, 0.1) is 6.92 Å². The monoisotopic (exact) mass is 197 g/mol. The first kappa shape index (κ1) is 9.78. The van der Waals surface area contributed by atoms with E-state index in [-0.39, 0.29) is 0 Å². The predicted molar refractivity (Wildman–Crippen MR) is 66.2 cm³/mol. The normalized spacial score (nSPS) is 10.0. The third-order valence-electron chi connectivity index (χ3n) is 2.53. The van der Waals surface area contributed by atoms with Crippen molar-refractivity contribution in [1.29, 1.82) is 0 Å². The van der Waals surface area contributed by atoms with E-state index in [9.17, 15) is 0 Å². The summed E-state index contributed by atoms with van der Waals surface area (Å²) in [4.78, 5) is 0. The standard InChI is InChI=1S/C14H15N/c1-11-6-5-7-12(10-11)13-8-3-4-9-14(13)15-2/h3-10,15H,1-2H3. The van der Waals surface area contributed by atoms with Gasteiger partial charge >= 0.3 is 0 Å². The van der Waals surface area contributed by atoms with E-state index in [4.69, 9.17) is 0 Å². The molecule has 0 aliphatic heterocycles. The van der Waals surface area contributed by atoms with Crippen molar-refractivity contribution in [2.24, 2.45) is 0 Å². The van der Waals surface area contributed by atoms with Gasteiger partial charge in [-0.05, 0) is 18.6 Å². The highest BCUT2D eigenvalue weighted by atomic mass is 14.8. The van der Waals surface area contributed by atoms with Crippen molar-refractivity contribution >= 4 is 5.69 Å². The van der Waals surface area contributed by atoms with Crippen LogP contribution in [0.15, 0.2) is 48.5 Å². The van der Waals surface area contributed by atoms with Gasteiger partial charge in [0, 0.05) is 18.3 Å². The zero-order valence-corrected chi connectivity index (χ0v) is 9.12. The summed E-state index contributed by atoms with van der Waals surface area (Å²) in [7, 11) is 1.95. The number of hydrogen-bond donors (Lipinski definition) is 1. The number of hydrogen-bond acceptors (Lipinski definition) is 1. The lowest BCUT2D eigenvalue weighted by molar-refractivity contribution is 1.45. The highest BCUT2D eigenvalue weighted by molar-refractivity contribution is 5.77. The molecule has 1 nitrogen and oxygen atoms in total. The van der Waals surface area contributed by atoms with Gasteiger partial charge in [0.05, 0.1) is 0 Å². The second kappa shape index (κ2) is 4.18. The molecule has 2 aromatic carbocycles. The summed E-state index contributed by atoms with van der Waals surface area (Å²) < 4.78 is 0. The molecule has 0 aliphatic rings. The molecule has 76 valence electrons. The van der Waals surface area contributed by atoms with Gasteiger partial charge < -0.3 is 5.32 Å². The molecule has 0 spiro atoms. The van der Waals surface area contributed by atoms with Crippen LogP contribution in [-0.4, -0.2) is 7.05 Å². The molecule has 2 aromatic rings. The summed E-state index contributed by atoms with van der Waals surface area (Å²) in [5.74, 6) is 0.